The number of hydrogen-bond acceptors (Lipinski definition) is 7. The van der Waals surface area contributed by atoms with E-state index in [1.165, 1.54) is 7.11 Å². The summed E-state index contributed by atoms with van der Waals surface area (Å²) in [5.41, 5.74) is 0.687. The number of anilines is 4. The highest BCUT2D eigenvalue weighted by Crippen LogP contribution is 2.36. The van der Waals surface area contributed by atoms with E-state index in [0.29, 0.717) is 17.5 Å². The van der Waals surface area contributed by atoms with Crippen LogP contribution in [-0.2, 0) is 0 Å². The Bertz CT molecular complexity index is 1050. The van der Waals surface area contributed by atoms with E-state index in [1.807, 2.05) is 13.0 Å². The molecule has 3 rings (SSSR count). The van der Waals surface area contributed by atoms with Gasteiger partial charge in [-0.05, 0) is 36.8 Å². The van der Waals surface area contributed by atoms with E-state index in [9.17, 15) is 18.9 Å². The Hall–Kier alpha value is -3.82. The van der Waals surface area contributed by atoms with Gasteiger partial charge in [-0.15, -0.1) is 0 Å². The van der Waals surface area contributed by atoms with E-state index in [1.54, 1.807) is 12.1 Å². The summed E-state index contributed by atoms with van der Waals surface area (Å²) in [5.74, 6) is -1.59. The lowest BCUT2D eigenvalue weighted by Crippen LogP contribution is -2.07. The minimum atomic E-state index is -0.914. The zero-order chi connectivity index (χ0) is 20.3. The standard InChI is InChI=1S/C18H15F2N5O3/c1-10-3-6-15(28-2)14(7-10)24-18-16(25(26)27)17(21-9-22-18)23-13-5-4-11(19)8-12(13)20/h3-9H,1-2H3,(H2,21,22,23,24). The third-order valence-corrected chi connectivity index (χ3v) is 3.80. The third kappa shape index (κ3) is 3.95. The second kappa shape index (κ2) is 7.82. The monoisotopic (exact) mass is 387 g/mol. The third-order valence-electron chi connectivity index (χ3n) is 3.80. The average molecular weight is 387 g/mol. The van der Waals surface area contributed by atoms with Gasteiger partial charge in [0.15, 0.2) is 0 Å². The van der Waals surface area contributed by atoms with Gasteiger partial charge >= 0.3 is 5.69 Å². The number of aryl methyl sites for hydroxylation is 1. The minimum absolute atomic E-state index is 0.117. The second-order valence-corrected chi connectivity index (χ2v) is 5.75. The largest absolute Gasteiger partial charge is 0.495 e. The highest BCUT2D eigenvalue weighted by molar-refractivity contribution is 5.78. The Kier molecular flexibility index (Phi) is 5.30. The van der Waals surface area contributed by atoms with Crippen molar-refractivity contribution in [3.63, 3.8) is 0 Å². The first kappa shape index (κ1) is 19.0. The van der Waals surface area contributed by atoms with Gasteiger partial charge in [-0.1, -0.05) is 6.07 Å². The maximum atomic E-state index is 13.9. The molecule has 1 aromatic heterocycles. The lowest BCUT2D eigenvalue weighted by molar-refractivity contribution is -0.383. The molecule has 3 aromatic rings. The molecule has 10 heteroatoms. The topological polar surface area (TPSA) is 102 Å². The predicted octanol–water partition coefficient (Wildman–Crippen LogP) is 4.47. The Morgan fingerprint density at radius 2 is 1.71 bits per heavy atom. The molecular formula is C18H15F2N5O3. The van der Waals surface area contributed by atoms with Gasteiger partial charge in [0.1, 0.15) is 23.7 Å². The fraction of sp³-hybridized carbons (Fsp3) is 0.111. The number of rotatable bonds is 6. The number of aromatic nitrogens is 2. The van der Waals surface area contributed by atoms with Crippen LogP contribution in [0.3, 0.4) is 0 Å². The van der Waals surface area contributed by atoms with Crippen LogP contribution in [0, 0.1) is 28.7 Å². The lowest BCUT2D eigenvalue weighted by atomic mass is 10.2. The molecule has 0 aliphatic carbocycles. The van der Waals surface area contributed by atoms with Crippen LogP contribution in [0.5, 0.6) is 5.75 Å². The molecule has 0 unspecified atom stereocenters. The first-order chi connectivity index (χ1) is 13.4. The van der Waals surface area contributed by atoms with Crippen LogP contribution in [0.4, 0.5) is 37.5 Å². The first-order valence-electron chi connectivity index (χ1n) is 8.02. The van der Waals surface area contributed by atoms with Crippen molar-refractivity contribution in [3.8, 4) is 5.75 Å². The molecule has 2 N–H and O–H groups in total. The fourth-order valence-corrected chi connectivity index (χ4v) is 2.50. The maximum Gasteiger partial charge on any atom is 0.353 e. The van der Waals surface area contributed by atoms with Crippen molar-refractivity contribution in [2.75, 3.05) is 17.7 Å². The number of ether oxygens (including phenoxy) is 1. The summed E-state index contributed by atoms with van der Waals surface area (Å²) in [6.07, 6.45) is 1.08. The molecule has 0 aliphatic heterocycles. The zero-order valence-electron chi connectivity index (χ0n) is 14.9. The summed E-state index contributed by atoms with van der Waals surface area (Å²) in [7, 11) is 1.47. The van der Waals surface area contributed by atoms with Crippen molar-refractivity contribution in [3.05, 3.63) is 70.0 Å². The average Bonchev–Trinajstić information content (AvgIpc) is 2.64. The van der Waals surface area contributed by atoms with Gasteiger partial charge in [-0.25, -0.2) is 18.7 Å². The summed E-state index contributed by atoms with van der Waals surface area (Å²) in [6, 6.07) is 8.06. The van der Waals surface area contributed by atoms with Crippen molar-refractivity contribution < 1.29 is 18.4 Å². The minimum Gasteiger partial charge on any atom is -0.495 e. The molecule has 0 spiro atoms. The number of nitrogens with zero attached hydrogens (tertiary/aromatic N) is 3. The van der Waals surface area contributed by atoms with E-state index in [4.69, 9.17) is 4.74 Å². The van der Waals surface area contributed by atoms with Gasteiger partial charge in [-0.2, -0.15) is 0 Å². The molecule has 2 aromatic carbocycles. The smallest absolute Gasteiger partial charge is 0.353 e. The molecule has 1 heterocycles. The normalized spacial score (nSPS) is 10.4. The summed E-state index contributed by atoms with van der Waals surface area (Å²) in [6.45, 7) is 1.85. The van der Waals surface area contributed by atoms with Crippen molar-refractivity contribution in [2.45, 2.75) is 6.92 Å². The van der Waals surface area contributed by atoms with Crippen LogP contribution in [-0.4, -0.2) is 22.0 Å². The van der Waals surface area contributed by atoms with Crippen molar-refractivity contribution in [2.24, 2.45) is 0 Å². The van der Waals surface area contributed by atoms with Crippen LogP contribution in [0.25, 0.3) is 0 Å². The molecule has 0 saturated heterocycles. The molecule has 0 atom stereocenters. The van der Waals surface area contributed by atoms with Gasteiger partial charge in [-0.3, -0.25) is 10.1 Å². The van der Waals surface area contributed by atoms with Gasteiger partial charge < -0.3 is 15.4 Å². The van der Waals surface area contributed by atoms with Gasteiger partial charge in [0.25, 0.3) is 0 Å². The highest BCUT2D eigenvalue weighted by atomic mass is 19.1. The molecule has 0 bridgehead atoms. The fourth-order valence-electron chi connectivity index (χ4n) is 2.50. The molecule has 28 heavy (non-hydrogen) atoms. The van der Waals surface area contributed by atoms with Crippen LogP contribution >= 0.6 is 0 Å². The van der Waals surface area contributed by atoms with Crippen LogP contribution in [0.1, 0.15) is 5.56 Å². The molecule has 0 saturated carbocycles. The molecule has 0 amide bonds. The molecule has 8 nitrogen and oxygen atoms in total. The molecule has 0 fully saturated rings. The number of methoxy groups -OCH3 is 1. The number of benzene rings is 2. The van der Waals surface area contributed by atoms with Crippen LogP contribution < -0.4 is 15.4 Å². The number of nitro groups is 1. The number of nitrogens with one attached hydrogen (secondary N) is 2. The first-order valence-corrected chi connectivity index (χ1v) is 8.02. The Labute approximate surface area is 158 Å². The Morgan fingerprint density at radius 1 is 1.04 bits per heavy atom. The summed E-state index contributed by atoms with van der Waals surface area (Å²) < 4.78 is 32.2. The highest BCUT2D eigenvalue weighted by Gasteiger charge is 2.24. The van der Waals surface area contributed by atoms with Crippen molar-refractivity contribution in [1.82, 2.24) is 9.97 Å². The summed E-state index contributed by atoms with van der Waals surface area (Å²) in [5, 5.41) is 17.0. The van der Waals surface area contributed by atoms with Crippen LogP contribution in [0.2, 0.25) is 0 Å². The Morgan fingerprint density at radius 3 is 2.32 bits per heavy atom. The predicted molar refractivity (Wildman–Crippen MR) is 99.3 cm³/mol. The molecular weight excluding hydrogens is 372 g/mol. The summed E-state index contributed by atoms with van der Waals surface area (Å²) in [4.78, 5) is 18.7. The molecule has 144 valence electrons. The Balaban J connectivity index is 2.03. The van der Waals surface area contributed by atoms with Crippen molar-refractivity contribution in [1.29, 1.82) is 0 Å². The quantitative estimate of drug-likeness (QED) is 0.475. The SMILES string of the molecule is COc1ccc(C)cc1Nc1ncnc(Nc2ccc(F)cc2F)c1[N+](=O)[O-]. The van der Waals surface area contributed by atoms with E-state index in [-0.39, 0.29) is 17.3 Å². The molecule has 0 radical (unpaired) electrons. The van der Waals surface area contributed by atoms with Crippen LogP contribution in [0.15, 0.2) is 42.7 Å². The van der Waals surface area contributed by atoms with Gasteiger partial charge in [0.2, 0.25) is 11.6 Å². The van der Waals surface area contributed by atoms with Crippen molar-refractivity contribution >= 4 is 28.7 Å². The number of hydrogen-bond donors (Lipinski definition) is 2. The maximum absolute atomic E-state index is 13.9. The second-order valence-electron chi connectivity index (χ2n) is 5.75. The van der Waals surface area contributed by atoms with Gasteiger partial charge in [0, 0.05) is 6.07 Å². The number of halogens is 2. The molecule has 0 aliphatic rings. The van der Waals surface area contributed by atoms with E-state index >= 15 is 0 Å². The zero-order valence-corrected chi connectivity index (χ0v) is 14.9. The van der Waals surface area contributed by atoms with E-state index in [0.717, 1.165) is 24.0 Å². The lowest BCUT2D eigenvalue weighted by Gasteiger charge is -2.13. The summed E-state index contributed by atoms with van der Waals surface area (Å²) >= 11 is 0. The van der Waals surface area contributed by atoms with E-state index < -0.39 is 22.2 Å². The van der Waals surface area contributed by atoms with Gasteiger partial charge in [0.05, 0.1) is 23.4 Å². The van der Waals surface area contributed by atoms with E-state index in [2.05, 4.69) is 20.6 Å².